The largest absolute Gasteiger partial charge is 0.352 e. The molecule has 0 bridgehead atoms. The molecule has 4 aromatic rings. The minimum Gasteiger partial charge on any atom is -0.352 e. The molecule has 0 unspecified atom stereocenters. The SMILES string of the molecule is O=C(c1cccc(-c2c(F)cccc2F)c1)N1CCN(c2ncnc3ccsc23)CC1. The molecule has 0 atom stereocenters. The number of anilines is 1. The third-order valence-electron chi connectivity index (χ3n) is 5.45. The van der Waals surface area contributed by atoms with E-state index in [1.165, 1.54) is 18.2 Å². The number of hydrogen-bond acceptors (Lipinski definition) is 5. The molecule has 3 heterocycles. The average molecular weight is 436 g/mol. The van der Waals surface area contributed by atoms with E-state index in [1.807, 2.05) is 11.4 Å². The van der Waals surface area contributed by atoms with Crippen LogP contribution in [0.5, 0.6) is 0 Å². The molecule has 1 fully saturated rings. The number of carbonyl (C=O) groups excluding carboxylic acids is 1. The summed E-state index contributed by atoms with van der Waals surface area (Å²) in [6.45, 7) is 2.37. The molecule has 0 N–H and O–H groups in total. The fourth-order valence-corrected chi connectivity index (χ4v) is 4.75. The van der Waals surface area contributed by atoms with Crippen molar-refractivity contribution in [2.75, 3.05) is 31.1 Å². The van der Waals surface area contributed by atoms with Crippen LogP contribution in [0.4, 0.5) is 14.6 Å². The third-order valence-corrected chi connectivity index (χ3v) is 6.35. The van der Waals surface area contributed by atoms with E-state index in [-0.39, 0.29) is 11.5 Å². The number of thiophene rings is 1. The molecule has 5 nitrogen and oxygen atoms in total. The van der Waals surface area contributed by atoms with Gasteiger partial charge in [0.15, 0.2) is 0 Å². The van der Waals surface area contributed by atoms with Crippen LogP contribution in [-0.2, 0) is 0 Å². The highest BCUT2D eigenvalue weighted by molar-refractivity contribution is 7.17. The Kier molecular flexibility index (Phi) is 5.07. The van der Waals surface area contributed by atoms with Crippen molar-refractivity contribution in [1.82, 2.24) is 14.9 Å². The van der Waals surface area contributed by atoms with Gasteiger partial charge in [-0.15, -0.1) is 11.3 Å². The highest BCUT2D eigenvalue weighted by Crippen LogP contribution is 2.29. The third kappa shape index (κ3) is 3.63. The van der Waals surface area contributed by atoms with Crippen LogP contribution in [0.2, 0.25) is 0 Å². The van der Waals surface area contributed by atoms with E-state index >= 15 is 0 Å². The molecule has 8 heteroatoms. The Balaban J connectivity index is 1.34. The summed E-state index contributed by atoms with van der Waals surface area (Å²) in [5.74, 6) is -0.558. The summed E-state index contributed by atoms with van der Waals surface area (Å²) in [5, 5.41) is 1.99. The number of halogens is 2. The summed E-state index contributed by atoms with van der Waals surface area (Å²) in [7, 11) is 0. The van der Waals surface area contributed by atoms with Crippen LogP contribution in [0.1, 0.15) is 10.4 Å². The average Bonchev–Trinajstić information content (AvgIpc) is 3.28. The molecule has 0 spiro atoms. The molecule has 1 aliphatic heterocycles. The van der Waals surface area contributed by atoms with Crippen LogP contribution in [0.15, 0.2) is 60.2 Å². The quantitative estimate of drug-likeness (QED) is 0.471. The van der Waals surface area contributed by atoms with Gasteiger partial charge in [0, 0.05) is 31.7 Å². The number of aromatic nitrogens is 2. The van der Waals surface area contributed by atoms with Gasteiger partial charge < -0.3 is 9.80 Å². The topological polar surface area (TPSA) is 49.3 Å². The van der Waals surface area contributed by atoms with Gasteiger partial charge in [-0.3, -0.25) is 4.79 Å². The number of amides is 1. The van der Waals surface area contributed by atoms with Crippen molar-refractivity contribution in [3.05, 3.63) is 77.4 Å². The van der Waals surface area contributed by atoms with Crippen LogP contribution < -0.4 is 4.90 Å². The Morgan fingerprint density at radius 2 is 1.68 bits per heavy atom. The summed E-state index contributed by atoms with van der Waals surface area (Å²) in [6, 6.07) is 12.2. The number of carbonyl (C=O) groups is 1. The first-order chi connectivity index (χ1) is 15.1. The van der Waals surface area contributed by atoms with Crippen molar-refractivity contribution < 1.29 is 13.6 Å². The molecule has 2 aromatic heterocycles. The zero-order chi connectivity index (χ0) is 21.4. The summed E-state index contributed by atoms with van der Waals surface area (Å²) in [5.41, 5.74) is 1.56. The summed E-state index contributed by atoms with van der Waals surface area (Å²) < 4.78 is 29.4. The van der Waals surface area contributed by atoms with E-state index in [0.717, 1.165) is 16.0 Å². The zero-order valence-electron chi connectivity index (χ0n) is 16.5. The number of hydrogen-bond donors (Lipinski definition) is 0. The maximum absolute atomic E-state index is 14.2. The molecule has 0 saturated carbocycles. The molecule has 156 valence electrons. The molecule has 1 amide bonds. The first kappa shape index (κ1) is 19.6. The van der Waals surface area contributed by atoms with Gasteiger partial charge >= 0.3 is 0 Å². The van der Waals surface area contributed by atoms with Crippen LogP contribution in [0.3, 0.4) is 0 Å². The maximum Gasteiger partial charge on any atom is 0.253 e. The number of benzene rings is 2. The van der Waals surface area contributed by atoms with Gasteiger partial charge in [0.1, 0.15) is 23.8 Å². The molecule has 5 rings (SSSR count). The molecule has 31 heavy (non-hydrogen) atoms. The molecule has 2 aromatic carbocycles. The van der Waals surface area contributed by atoms with Crippen LogP contribution in [0.25, 0.3) is 21.3 Å². The van der Waals surface area contributed by atoms with Crippen molar-refractivity contribution in [3.63, 3.8) is 0 Å². The fourth-order valence-electron chi connectivity index (χ4n) is 3.89. The van der Waals surface area contributed by atoms with E-state index in [4.69, 9.17) is 0 Å². The normalized spacial score (nSPS) is 14.3. The second kappa shape index (κ2) is 8.03. The number of piperazine rings is 1. The Labute approximate surface area is 181 Å². The molecule has 1 aliphatic rings. The van der Waals surface area contributed by atoms with Crippen molar-refractivity contribution in [2.45, 2.75) is 0 Å². The summed E-state index contributed by atoms with van der Waals surface area (Å²) in [4.78, 5) is 25.7. The van der Waals surface area contributed by atoms with E-state index in [9.17, 15) is 13.6 Å². The lowest BCUT2D eigenvalue weighted by Gasteiger charge is -2.35. The Morgan fingerprint density at radius 3 is 2.45 bits per heavy atom. The Morgan fingerprint density at radius 1 is 0.935 bits per heavy atom. The van der Waals surface area contributed by atoms with Gasteiger partial charge in [0.25, 0.3) is 5.91 Å². The van der Waals surface area contributed by atoms with Crippen LogP contribution in [-0.4, -0.2) is 47.0 Å². The second-order valence-electron chi connectivity index (χ2n) is 7.29. The van der Waals surface area contributed by atoms with Gasteiger partial charge in [-0.05, 0) is 41.3 Å². The highest BCUT2D eigenvalue weighted by Gasteiger charge is 2.25. The fraction of sp³-hybridized carbons (Fsp3) is 0.174. The standard InChI is InChI=1S/C23H18F2N4OS/c24-17-5-2-6-18(25)20(17)15-3-1-4-16(13-15)23(30)29-10-8-28(9-11-29)22-21-19(7-12-31-21)26-14-27-22/h1-7,12-14H,8-11H2. The Bertz CT molecular complexity index is 1250. The molecule has 0 aliphatic carbocycles. The van der Waals surface area contributed by atoms with Gasteiger partial charge in [-0.25, -0.2) is 18.7 Å². The van der Waals surface area contributed by atoms with Crippen molar-refractivity contribution in [1.29, 1.82) is 0 Å². The highest BCUT2D eigenvalue weighted by atomic mass is 32.1. The van der Waals surface area contributed by atoms with Crippen molar-refractivity contribution in [2.24, 2.45) is 0 Å². The monoisotopic (exact) mass is 436 g/mol. The number of fused-ring (bicyclic) bond motifs is 1. The van der Waals surface area contributed by atoms with Gasteiger partial charge in [-0.1, -0.05) is 18.2 Å². The molecular formula is C23H18F2N4OS. The van der Waals surface area contributed by atoms with E-state index in [0.29, 0.717) is 37.3 Å². The van der Waals surface area contributed by atoms with E-state index in [2.05, 4.69) is 14.9 Å². The van der Waals surface area contributed by atoms with Crippen molar-refractivity contribution >= 4 is 33.3 Å². The van der Waals surface area contributed by atoms with Crippen LogP contribution >= 0.6 is 11.3 Å². The lowest BCUT2D eigenvalue weighted by Crippen LogP contribution is -2.49. The minimum atomic E-state index is -0.650. The summed E-state index contributed by atoms with van der Waals surface area (Å²) in [6.07, 6.45) is 1.56. The second-order valence-corrected chi connectivity index (χ2v) is 8.21. The molecular weight excluding hydrogens is 418 g/mol. The maximum atomic E-state index is 14.2. The van der Waals surface area contributed by atoms with E-state index in [1.54, 1.807) is 46.8 Å². The van der Waals surface area contributed by atoms with Gasteiger partial charge in [0.05, 0.1) is 15.8 Å². The lowest BCUT2D eigenvalue weighted by molar-refractivity contribution is 0.0746. The zero-order valence-corrected chi connectivity index (χ0v) is 17.3. The van der Waals surface area contributed by atoms with Crippen LogP contribution in [0, 0.1) is 11.6 Å². The van der Waals surface area contributed by atoms with Gasteiger partial charge in [-0.2, -0.15) is 0 Å². The predicted octanol–water partition coefficient (Wildman–Crippen LogP) is 4.60. The van der Waals surface area contributed by atoms with Crippen molar-refractivity contribution in [3.8, 4) is 11.1 Å². The Hall–Kier alpha value is -3.39. The predicted molar refractivity (Wildman–Crippen MR) is 117 cm³/mol. The first-order valence-corrected chi connectivity index (χ1v) is 10.8. The smallest absolute Gasteiger partial charge is 0.253 e. The minimum absolute atomic E-state index is 0.120. The summed E-state index contributed by atoms with van der Waals surface area (Å²) >= 11 is 1.60. The number of nitrogens with zero attached hydrogens (tertiary/aromatic N) is 4. The van der Waals surface area contributed by atoms with E-state index < -0.39 is 11.6 Å². The first-order valence-electron chi connectivity index (χ1n) is 9.89. The number of rotatable bonds is 3. The lowest BCUT2D eigenvalue weighted by atomic mass is 10.0. The molecule has 0 radical (unpaired) electrons. The molecule has 1 saturated heterocycles. The van der Waals surface area contributed by atoms with Gasteiger partial charge in [0.2, 0.25) is 0 Å².